The summed E-state index contributed by atoms with van der Waals surface area (Å²) in [6.45, 7) is 0.753. The molecule has 1 N–H and O–H groups in total. The molecule has 1 aliphatic heterocycles. The lowest BCUT2D eigenvalue weighted by Crippen LogP contribution is -2.45. The van der Waals surface area contributed by atoms with Gasteiger partial charge in [0.25, 0.3) is 5.91 Å². The summed E-state index contributed by atoms with van der Waals surface area (Å²) >= 11 is 3.12. The van der Waals surface area contributed by atoms with Gasteiger partial charge in [0.1, 0.15) is 10.7 Å². The van der Waals surface area contributed by atoms with Crippen LogP contribution < -0.4 is 0 Å². The molecule has 0 aliphatic carbocycles. The first-order valence-corrected chi connectivity index (χ1v) is 8.52. The van der Waals surface area contributed by atoms with Crippen LogP contribution in [-0.4, -0.2) is 40.1 Å². The molecule has 1 unspecified atom stereocenters. The van der Waals surface area contributed by atoms with E-state index in [1.54, 1.807) is 16.2 Å². The standard InChI is InChI=1S/C14H16N2O2S2/c17-7-11-3-1-2-5-16(11)14(18)12-9-20-13(15-12)10-4-6-19-8-10/h4,6,8-9,11,17H,1-3,5,7H2. The highest BCUT2D eigenvalue weighted by Gasteiger charge is 2.28. The number of aliphatic hydroxyl groups excluding tert-OH is 1. The monoisotopic (exact) mass is 308 g/mol. The summed E-state index contributed by atoms with van der Waals surface area (Å²) in [4.78, 5) is 18.7. The Bertz CT molecular complexity index is 580. The molecule has 1 saturated heterocycles. The second-order valence-electron chi connectivity index (χ2n) is 4.88. The summed E-state index contributed by atoms with van der Waals surface area (Å²) in [5.74, 6) is -0.0542. The van der Waals surface area contributed by atoms with Gasteiger partial charge in [-0.15, -0.1) is 11.3 Å². The molecule has 20 heavy (non-hydrogen) atoms. The molecular formula is C14H16N2O2S2. The topological polar surface area (TPSA) is 53.4 Å². The maximum absolute atomic E-state index is 12.5. The van der Waals surface area contributed by atoms with Gasteiger partial charge in [0.2, 0.25) is 0 Å². The smallest absolute Gasteiger partial charge is 0.273 e. The van der Waals surface area contributed by atoms with Crippen molar-refractivity contribution in [3.63, 3.8) is 0 Å². The van der Waals surface area contributed by atoms with Gasteiger partial charge in [0.05, 0.1) is 12.6 Å². The van der Waals surface area contributed by atoms with E-state index in [0.717, 1.165) is 36.4 Å². The molecule has 0 radical (unpaired) electrons. The molecular weight excluding hydrogens is 292 g/mol. The van der Waals surface area contributed by atoms with Crippen LogP contribution in [0.4, 0.5) is 0 Å². The quantitative estimate of drug-likeness (QED) is 0.948. The minimum absolute atomic E-state index is 0.0350. The van der Waals surface area contributed by atoms with E-state index in [-0.39, 0.29) is 18.6 Å². The zero-order chi connectivity index (χ0) is 13.9. The average Bonchev–Trinajstić information content (AvgIpc) is 3.16. The van der Waals surface area contributed by atoms with Crippen LogP contribution >= 0.6 is 22.7 Å². The van der Waals surface area contributed by atoms with Gasteiger partial charge in [-0.05, 0) is 30.7 Å². The largest absolute Gasteiger partial charge is 0.394 e. The third-order valence-electron chi connectivity index (χ3n) is 3.59. The lowest BCUT2D eigenvalue weighted by atomic mass is 10.0. The predicted octanol–water partition coefficient (Wildman–Crippen LogP) is 2.86. The van der Waals surface area contributed by atoms with Crippen LogP contribution in [0.2, 0.25) is 0 Å². The van der Waals surface area contributed by atoms with Gasteiger partial charge in [-0.1, -0.05) is 0 Å². The van der Waals surface area contributed by atoms with E-state index in [9.17, 15) is 9.90 Å². The SMILES string of the molecule is O=C(c1csc(-c2ccsc2)n1)N1CCCCC1CO. The van der Waals surface area contributed by atoms with E-state index in [1.165, 1.54) is 11.3 Å². The normalized spacial score (nSPS) is 19.2. The second kappa shape index (κ2) is 6.03. The van der Waals surface area contributed by atoms with Gasteiger partial charge in [0, 0.05) is 22.9 Å². The lowest BCUT2D eigenvalue weighted by Gasteiger charge is -2.34. The van der Waals surface area contributed by atoms with Crippen LogP contribution in [-0.2, 0) is 0 Å². The first-order chi connectivity index (χ1) is 9.79. The van der Waals surface area contributed by atoms with Crippen molar-refractivity contribution in [1.82, 2.24) is 9.88 Å². The zero-order valence-electron chi connectivity index (χ0n) is 11.0. The number of carbonyl (C=O) groups excluding carboxylic acids is 1. The van der Waals surface area contributed by atoms with Crippen molar-refractivity contribution in [2.45, 2.75) is 25.3 Å². The Kier molecular flexibility index (Phi) is 4.14. The summed E-state index contributed by atoms with van der Waals surface area (Å²) in [6, 6.07) is 1.96. The van der Waals surface area contributed by atoms with E-state index in [0.29, 0.717) is 5.69 Å². The summed E-state index contributed by atoms with van der Waals surface area (Å²) in [7, 11) is 0. The highest BCUT2D eigenvalue weighted by atomic mass is 32.1. The molecule has 1 atom stereocenters. The molecule has 0 saturated carbocycles. The highest BCUT2D eigenvalue weighted by molar-refractivity contribution is 7.14. The Morgan fingerprint density at radius 1 is 1.45 bits per heavy atom. The Labute approximate surface area is 125 Å². The number of nitrogens with zero attached hydrogens (tertiary/aromatic N) is 2. The van der Waals surface area contributed by atoms with Crippen LogP contribution in [0, 0.1) is 0 Å². The molecule has 3 rings (SSSR count). The molecule has 6 heteroatoms. The van der Waals surface area contributed by atoms with Gasteiger partial charge < -0.3 is 10.0 Å². The van der Waals surface area contributed by atoms with Gasteiger partial charge in [-0.3, -0.25) is 4.79 Å². The van der Waals surface area contributed by atoms with Crippen molar-refractivity contribution in [2.75, 3.05) is 13.2 Å². The number of rotatable bonds is 3. The fourth-order valence-corrected chi connectivity index (χ4v) is 4.00. The van der Waals surface area contributed by atoms with Gasteiger partial charge >= 0.3 is 0 Å². The van der Waals surface area contributed by atoms with Crippen LogP contribution in [0.3, 0.4) is 0 Å². The van der Waals surface area contributed by atoms with Gasteiger partial charge in [-0.25, -0.2) is 4.98 Å². The molecule has 3 heterocycles. The maximum Gasteiger partial charge on any atom is 0.273 e. The zero-order valence-corrected chi connectivity index (χ0v) is 12.6. The average molecular weight is 308 g/mol. The molecule has 2 aromatic rings. The van der Waals surface area contributed by atoms with Crippen molar-refractivity contribution in [2.24, 2.45) is 0 Å². The molecule has 0 aromatic carbocycles. The molecule has 0 bridgehead atoms. The first kappa shape index (κ1) is 13.7. The van der Waals surface area contributed by atoms with Crippen molar-refractivity contribution >= 4 is 28.6 Å². The number of aliphatic hydroxyl groups is 1. The number of thiophene rings is 1. The van der Waals surface area contributed by atoms with Crippen molar-refractivity contribution in [3.05, 3.63) is 27.9 Å². The van der Waals surface area contributed by atoms with Crippen molar-refractivity contribution in [3.8, 4) is 10.6 Å². The number of amides is 1. The minimum Gasteiger partial charge on any atom is -0.394 e. The Morgan fingerprint density at radius 3 is 3.10 bits per heavy atom. The molecule has 1 amide bonds. The fraction of sp³-hybridized carbons (Fsp3) is 0.429. The van der Waals surface area contributed by atoms with Crippen molar-refractivity contribution in [1.29, 1.82) is 0 Å². The molecule has 2 aromatic heterocycles. The maximum atomic E-state index is 12.5. The third-order valence-corrected chi connectivity index (χ3v) is 5.16. The van der Waals surface area contributed by atoms with Crippen LogP contribution in [0.15, 0.2) is 22.2 Å². The van der Waals surface area contributed by atoms with E-state index >= 15 is 0 Å². The second-order valence-corrected chi connectivity index (χ2v) is 6.52. The Hall–Kier alpha value is -1.24. The molecule has 1 fully saturated rings. The number of aromatic nitrogens is 1. The number of hydrogen-bond acceptors (Lipinski definition) is 5. The molecule has 106 valence electrons. The van der Waals surface area contributed by atoms with Crippen LogP contribution in [0.25, 0.3) is 10.6 Å². The van der Waals surface area contributed by atoms with Gasteiger partial charge in [0.15, 0.2) is 0 Å². The minimum atomic E-state index is -0.0542. The lowest BCUT2D eigenvalue weighted by molar-refractivity contribution is 0.0498. The van der Waals surface area contributed by atoms with E-state index < -0.39 is 0 Å². The number of thiazole rings is 1. The summed E-state index contributed by atoms with van der Waals surface area (Å²) in [5, 5.41) is 16.1. The van der Waals surface area contributed by atoms with E-state index in [4.69, 9.17) is 0 Å². The molecule has 4 nitrogen and oxygen atoms in total. The predicted molar refractivity (Wildman–Crippen MR) is 81.2 cm³/mol. The number of piperidine rings is 1. The summed E-state index contributed by atoms with van der Waals surface area (Å²) in [6.07, 6.45) is 2.96. The van der Waals surface area contributed by atoms with Gasteiger partial charge in [-0.2, -0.15) is 11.3 Å². The number of likely N-dealkylation sites (tertiary alicyclic amines) is 1. The number of carbonyl (C=O) groups is 1. The molecule has 1 aliphatic rings. The third kappa shape index (κ3) is 2.63. The summed E-state index contributed by atoms with van der Waals surface area (Å²) in [5.41, 5.74) is 1.56. The Morgan fingerprint density at radius 2 is 2.35 bits per heavy atom. The number of hydrogen-bond donors (Lipinski definition) is 1. The Balaban J connectivity index is 1.80. The van der Waals surface area contributed by atoms with E-state index in [2.05, 4.69) is 4.98 Å². The van der Waals surface area contributed by atoms with Crippen molar-refractivity contribution < 1.29 is 9.90 Å². The first-order valence-electron chi connectivity index (χ1n) is 6.69. The highest BCUT2D eigenvalue weighted by Crippen LogP contribution is 2.27. The van der Waals surface area contributed by atoms with Crippen LogP contribution in [0.1, 0.15) is 29.8 Å². The summed E-state index contributed by atoms with van der Waals surface area (Å²) < 4.78 is 0. The molecule has 0 spiro atoms. The van der Waals surface area contributed by atoms with Crippen LogP contribution in [0.5, 0.6) is 0 Å². The van der Waals surface area contributed by atoms with E-state index in [1.807, 2.05) is 22.2 Å². The fourth-order valence-electron chi connectivity index (χ4n) is 2.50.